The molecule has 0 unspecified atom stereocenters. The van der Waals surface area contributed by atoms with Crippen LogP contribution >= 0.6 is 0 Å². The molecule has 0 aromatic heterocycles. The number of benzene rings is 2. The van der Waals surface area contributed by atoms with Gasteiger partial charge >= 0.3 is 0 Å². The lowest BCUT2D eigenvalue weighted by Crippen LogP contribution is -2.14. The molecule has 2 rings (SSSR count). The molecule has 0 heterocycles. The van der Waals surface area contributed by atoms with Gasteiger partial charge in [-0.05, 0) is 54.2 Å². The normalized spacial score (nSPS) is 11.4. The first-order valence-electron chi connectivity index (χ1n) is 7.06. The van der Waals surface area contributed by atoms with E-state index in [-0.39, 0.29) is 5.41 Å². The summed E-state index contributed by atoms with van der Waals surface area (Å²) in [6.07, 6.45) is 1.11. The van der Waals surface area contributed by atoms with E-state index in [0.717, 1.165) is 29.2 Å². The van der Waals surface area contributed by atoms with Gasteiger partial charge in [0.15, 0.2) is 0 Å². The highest BCUT2D eigenvalue weighted by Crippen LogP contribution is 2.30. The van der Waals surface area contributed by atoms with Gasteiger partial charge in [0, 0.05) is 11.8 Å². The summed E-state index contributed by atoms with van der Waals surface area (Å²) >= 11 is 0. The Balaban J connectivity index is 2.19. The summed E-state index contributed by atoms with van der Waals surface area (Å²) in [5.74, 6) is 1.62. The van der Waals surface area contributed by atoms with E-state index in [1.165, 1.54) is 5.56 Å². The Morgan fingerprint density at radius 3 is 2.20 bits per heavy atom. The first-order chi connectivity index (χ1) is 9.40. The molecule has 0 radical (unpaired) electrons. The molecule has 0 saturated heterocycles. The Labute approximate surface area is 121 Å². The topological polar surface area (TPSA) is 35.2 Å². The maximum absolute atomic E-state index is 5.86. The van der Waals surface area contributed by atoms with Crippen LogP contribution < -0.4 is 10.5 Å². The molecule has 2 N–H and O–H groups in total. The fourth-order valence-corrected chi connectivity index (χ4v) is 2.15. The van der Waals surface area contributed by atoms with Crippen LogP contribution in [0.1, 0.15) is 38.3 Å². The Morgan fingerprint density at radius 1 is 1.00 bits per heavy atom. The van der Waals surface area contributed by atoms with E-state index < -0.39 is 0 Å². The van der Waals surface area contributed by atoms with E-state index in [1.54, 1.807) is 0 Å². The molecule has 2 aromatic carbocycles. The molecule has 0 aliphatic rings. The van der Waals surface area contributed by atoms with Gasteiger partial charge in [0.2, 0.25) is 0 Å². The van der Waals surface area contributed by atoms with Crippen LogP contribution in [0.4, 0.5) is 5.69 Å². The van der Waals surface area contributed by atoms with Crippen molar-refractivity contribution in [2.75, 3.05) is 5.73 Å². The zero-order valence-electron chi connectivity index (χ0n) is 12.7. The summed E-state index contributed by atoms with van der Waals surface area (Å²) in [5, 5.41) is 0. The zero-order valence-corrected chi connectivity index (χ0v) is 12.7. The molecular weight excluding hydrogens is 246 g/mol. The minimum Gasteiger partial charge on any atom is -0.457 e. The zero-order chi connectivity index (χ0) is 14.8. The second kappa shape index (κ2) is 5.58. The van der Waals surface area contributed by atoms with Crippen LogP contribution in [0.3, 0.4) is 0 Å². The smallest absolute Gasteiger partial charge is 0.129 e. The van der Waals surface area contributed by atoms with Gasteiger partial charge in [-0.1, -0.05) is 32.9 Å². The van der Waals surface area contributed by atoms with E-state index in [0.29, 0.717) is 0 Å². The Bertz CT molecular complexity index is 565. The number of hydrogen-bond acceptors (Lipinski definition) is 2. The van der Waals surface area contributed by atoms with Gasteiger partial charge in [-0.3, -0.25) is 0 Å². The van der Waals surface area contributed by atoms with Gasteiger partial charge in [0.05, 0.1) is 0 Å². The predicted octanol–water partition coefficient (Wildman–Crippen LogP) is 5.06. The van der Waals surface area contributed by atoms with E-state index in [9.17, 15) is 0 Å². The molecule has 0 aliphatic heterocycles. The summed E-state index contributed by atoms with van der Waals surface area (Å²) in [4.78, 5) is 0. The van der Waals surface area contributed by atoms with Gasteiger partial charge in [-0.15, -0.1) is 0 Å². The monoisotopic (exact) mass is 269 g/mol. The van der Waals surface area contributed by atoms with E-state index >= 15 is 0 Å². The number of hydrogen-bond donors (Lipinski definition) is 1. The maximum Gasteiger partial charge on any atom is 0.129 e. The van der Waals surface area contributed by atoms with Gasteiger partial charge < -0.3 is 10.5 Å². The SMILES string of the molecule is CCC(C)(C)c1ccc(Oc2cc(C)cc(N)c2)cc1. The van der Waals surface area contributed by atoms with Crippen LogP contribution in [-0.4, -0.2) is 0 Å². The number of nitrogen functional groups attached to an aromatic ring is 1. The first-order valence-corrected chi connectivity index (χ1v) is 7.06. The Hall–Kier alpha value is -1.96. The molecule has 2 aromatic rings. The lowest BCUT2D eigenvalue weighted by atomic mass is 9.82. The molecule has 0 fully saturated rings. The Kier molecular flexibility index (Phi) is 4.03. The van der Waals surface area contributed by atoms with E-state index in [1.807, 2.05) is 37.3 Å². The quantitative estimate of drug-likeness (QED) is 0.788. The predicted molar refractivity (Wildman–Crippen MR) is 85.4 cm³/mol. The first kappa shape index (κ1) is 14.4. The lowest BCUT2D eigenvalue weighted by Gasteiger charge is -2.23. The highest BCUT2D eigenvalue weighted by atomic mass is 16.5. The average molecular weight is 269 g/mol. The fourth-order valence-electron chi connectivity index (χ4n) is 2.15. The van der Waals surface area contributed by atoms with Crippen molar-refractivity contribution < 1.29 is 4.74 Å². The van der Waals surface area contributed by atoms with Crippen molar-refractivity contribution in [1.82, 2.24) is 0 Å². The second-order valence-electron chi connectivity index (χ2n) is 5.94. The third-order valence-corrected chi connectivity index (χ3v) is 3.83. The third-order valence-electron chi connectivity index (χ3n) is 3.83. The van der Waals surface area contributed by atoms with E-state index in [2.05, 4.69) is 32.9 Å². The molecule has 0 bridgehead atoms. The molecule has 0 amide bonds. The van der Waals surface area contributed by atoms with Crippen LogP contribution in [-0.2, 0) is 5.41 Å². The van der Waals surface area contributed by atoms with Crippen molar-refractivity contribution in [1.29, 1.82) is 0 Å². The summed E-state index contributed by atoms with van der Waals surface area (Å²) in [6, 6.07) is 14.1. The van der Waals surface area contributed by atoms with E-state index in [4.69, 9.17) is 10.5 Å². The van der Waals surface area contributed by atoms with Crippen LogP contribution in [0.2, 0.25) is 0 Å². The highest BCUT2D eigenvalue weighted by Gasteiger charge is 2.17. The molecule has 0 spiro atoms. The number of anilines is 1. The number of nitrogens with two attached hydrogens (primary N) is 1. The van der Waals surface area contributed by atoms with Gasteiger partial charge in [-0.25, -0.2) is 0 Å². The van der Waals surface area contributed by atoms with Crippen LogP contribution in [0, 0.1) is 6.92 Å². The largest absolute Gasteiger partial charge is 0.457 e. The van der Waals surface area contributed by atoms with Crippen molar-refractivity contribution in [3.8, 4) is 11.5 Å². The van der Waals surface area contributed by atoms with Crippen LogP contribution in [0.5, 0.6) is 11.5 Å². The number of aryl methyl sites for hydroxylation is 1. The van der Waals surface area contributed by atoms with Crippen LogP contribution in [0.15, 0.2) is 42.5 Å². The summed E-state index contributed by atoms with van der Waals surface area (Å²) < 4.78 is 5.86. The van der Waals surface area contributed by atoms with Crippen molar-refractivity contribution >= 4 is 5.69 Å². The maximum atomic E-state index is 5.86. The van der Waals surface area contributed by atoms with Crippen molar-refractivity contribution in [2.24, 2.45) is 0 Å². The van der Waals surface area contributed by atoms with Crippen LogP contribution in [0.25, 0.3) is 0 Å². The lowest BCUT2D eigenvalue weighted by molar-refractivity contribution is 0.478. The molecule has 2 heteroatoms. The van der Waals surface area contributed by atoms with Gasteiger partial charge in [0.25, 0.3) is 0 Å². The average Bonchev–Trinajstić information content (AvgIpc) is 2.38. The molecule has 20 heavy (non-hydrogen) atoms. The highest BCUT2D eigenvalue weighted by molar-refractivity contribution is 5.48. The second-order valence-corrected chi connectivity index (χ2v) is 5.94. The minimum atomic E-state index is 0.201. The van der Waals surface area contributed by atoms with Crippen molar-refractivity contribution in [2.45, 2.75) is 39.5 Å². The molecule has 2 nitrogen and oxygen atoms in total. The molecule has 0 atom stereocenters. The summed E-state index contributed by atoms with van der Waals surface area (Å²) in [6.45, 7) is 8.73. The summed E-state index contributed by atoms with van der Waals surface area (Å²) in [7, 11) is 0. The van der Waals surface area contributed by atoms with Gasteiger partial charge in [-0.2, -0.15) is 0 Å². The van der Waals surface area contributed by atoms with Crippen molar-refractivity contribution in [3.05, 3.63) is 53.6 Å². The minimum absolute atomic E-state index is 0.201. The molecule has 106 valence electrons. The number of rotatable bonds is 4. The Morgan fingerprint density at radius 2 is 1.65 bits per heavy atom. The fraction of sp³-hybridized carbons (Fsp3) is 0.333. The molecule has 0 saturated carbocycles. The third kappa shape index (κ3) is 3.32. The van der Waals surface area contributed by atoms with Crippen molar-refractivity contribution in [3.63, 3.8) is 0 Å². The standard InChI is InChI=1S/C18H23NO/c1-5-18(3,4)14-6-8-16(9-7-14)20-17-11-13(2)10-15(19)12-17/h6-12H,5,19H2,1-4H3. The molecule has 0 aliphatic carbocycles. The molecular formula is C18H23NO. The summed E-state index contributed by atoms with van der Waals surface area (Å²) in [5.41, 5.74) is 9.19. The van der Waals surface area contributed by atoms with Gasteiger partial charge in [0.1, 0.15) is 11.5 Å². The number of ether oxygens (including phenoxy) is 1.